The van der Waals surface area contributed by atoms with Crippen molar-refractivity contribution in [3.05, 3.63) is 137 Å². The van der Waals surface area contributed by atoms with Crippen LogP contribution >= 0.6 is 24.8 Å². The fraction of sp³-hybridized carbons (Fsp3) is 0.317. The second-order valence-corrected chi connectivity index (χ2v) is 13.4. The number of hydrogen-bond acceptors (Lipinski definition) is 0. The molecule has 0 heterocycles. The van der Waals surface area contributed by atoms with Gasteiger partial charge in [0.15, 0.2) is 0 Å². The van der Waals surface area contributed by atoms with Crippen LogP contribution in [0.15, 0.2) is 72.3 Å². The second-order valence-electron chi connectivity index (χ2n) is 13.4. The van der Waals surface area contributed by atoms with Crippen LogP contribution in [0, 0.1) is 38.0 Å². The third-order valence-electron chi connectivity index (χ3n) is 8.31. The molecule has 0 bridgehead atoms. The molecule has 0 aliphatic heterocycles. The first-order valence-electron chi connectivity index (χ1n) is 14.6. The predicted octanol–water partition coefficient (Wildman–Crippen LogP) is 11.4. The number of aryl methyl sites for hydroxylation is 1. The molecule has 3 heteroatoms. The van der Waals surface area contributed by atoms with Crippen LogP contribution in [0.3, 0.4) is 0 Å². The van der Waals surface area contributed by atoms with E-state index in [-0.39, 0.29) is 43.1 Å². The van der Waals surface area contributed by atoms with Crippen LogP contribution in [-0.2, 0) is 41.5 Å². The third kappa shape index (κ3) is 8.81. The zero-order valence-electron chi connectivity index (χ0n) is 27.9. The Morgan fingerprint density at radius 2 is 1.39 bits per heavy atom. The average molecular weight is 703 g/mol. The average Bonchev–Trinajstić information content (AvgIpc) is 3.71. The van der Waals surface area contributed by atoms with E-state index in [9.17, 15) is 0 Å². The van der Waals surface area contributed by atoms with E-state index in [1.165, 1.54) is 79.9 Å². The number of allylic oxidation sites excluding steroid dienone is 6. The van der Waals surface area contributed by atoms with Gasteiger partial charge in [0.25, 0.3) is 0 Å². The van der Waals surface area contributed by atoms with Gasteiger partial charge in [0.1, 0.15) is 0 Å². The van der Waals surface area contributed by atoms with Crippen molar-refractivity contribution in [2.24, 2.45) is 5.41 Å². The first-order chi connectivity index (χ1) is 19.3. The Morgan fingerprint density at radius 1 is 0.818 bits per heavy atom. The summed E-state index contributed by atoms with van der Waals surface area (Å²) in [5, 5.41) is 0. The largest absolute Gasteiger partial charge is 0.358 e. The van der Waals surface area contributed by atoms with E-state index in [0.29, 0.717) is 5.41 Å². The maximum Gasteiger partial charge on any atom is -0.358 e. The Kier molecular flexibility index (Phi) is 14.5. The van der Waals surface area contributed by atoms with E-state index in [0.717, 1.165) is 12.8 Å². The van der Waals surface area contributed by atoms with Crippen molar-refractivity contribution in [2.75, 3.05) is 0 Å². The minimum absolute atomic E-state index is 0. The summed E-state index contributed by atoms with van der Waals surface area (Å²) in [5.74, 6) is 0. The first-order valence-corrected chi connectivity index (χ1v) is 16.3. The van der Waals surface area contributed by atoms with Crippen molar-refractivity contribution in [1.29, 1.82) is 0 Å². The number of halogens is 2. The second kappa shape index (κ2) is 16.0. The molecule has 0 atom stereocenters. The number of benzene rings is 3. The summed E-state index contributed by atoms with van der Waals surface area (Å²) in [4.78, 5) is 0. The topological polar surface area (TPSA) is 0 Å². The van der Waals surface area contributed by atoms with Crippen LogP contribution in [0.4, 0.5) is 0 Å². The molecular formula is C41H48Cl2Zr-4. The summed E-state index contributed by atoms with van der Waals surface area (Å²) in [6.07, 6.45) is 19.9. The molecule has 44 heavy (non-hydrogen) atoms. The Bertz CT molecular complexity index is 1470. The van der Waals surface area contributed by atoms with Crippen molar-refractivity contribution in [3.8, 4) is 11.1 Å². The van der Waals surface area contributed by atoms with E-state index < -0.39 is 0 Å². The van der Waals surface area contributed by atoms with Gasteiger partial charge >= 0.3 is 28.4 Å². The summed E-state index contributed by atoms with van der Waals surface area (Å²) in [6, 6.07) is 20.5. The van der Waals surface area contributed by atoms with E-state index in [4.69, 9.17) is 0 Å². The van der Waals surface area contributed by atoms with Gasteiger partial charge in [0.2, 0.25) is 0 Å². The summed E-state index contributed by atoms with van der Waals surface area (Å²) < 4.78 is 3.34. The fourth-order valence-electron chi connectivity index (χ4n) is 5.79. The van der Waals surface area contributed by atoms with Crippen molar-refractivity contribution in [3.63, 3.8) is 0 Å². The van der Waals surface area contributed by atoms with Crippen LogP contribution in [0.25, 0.3) is 23.3 Å². The number of hydrogen-bond donors (Lipinski definition) is 0. The van der Waals surface area contributed by atoms with Gasteiger partial charge in [0.05, 0.1) is 0 Å². The molecule has 3 aromatic carbocycles. The summed E-state index contributed by atoms with van der Waals surface area (Å²) in [5.41, 5.74) is 14.7. The maximum atomic E-state index is 3.50. The number of rotatable bonds is 0. The monoisotopic (exact) mass is 700 g/mol. The Morgan fingerprint density at radius 3 is 1.86 bits per heavy atom. The molecule has 0 spiro atoms. The minimum atomic E-state index is 0. The first kappa shape index (κ1) is 40.0. The van der Waals surface area contributed by atoms with Gasteiger partial charge in [-0.3, -0.25) is 12.2 Å². The van der Waals surface area contributed by atoms with Crippen molar-refractivity contribution in [2.45, 2.75) is 79.1 Å². The molecule has 0 nitrogen and oxygen atoms in total. The predicted molar refractivity (Wildman–Crippen MR) is 195 cm³/mol. The van der Waals surface area contributed by atoms with Gasteiger partial charge in [-0.15, -0.1) is 42.9 Å². The Labute approximate surface area is 296 Å². The molecule has 0 saturated heterocycles. The minimum Gasteiger partial charge on any atom is -0.358 e. The van der Waals surface area contributed by atoms with Crippen molar-refractivity contribution < 1.29 is 24.2 Å². The van der Waals surface area contributed by atoms with Crippen molar-refractivity contribution >= 4 is 41.2 Å². The van der Waals surface area contributed by atoms with Crippen LogP contribution in [0.5, 0.6) is 0 Å². The quantitative estimate of drug-likeness (QED) is 0.160. The van der Waals surface area contributed by atoms with E-state index >= 15 is 0 Å². The molecule has 0 unspecified atom stereocenters. The van der Waals surface area contributed by atoms with E-state index in [2.05, 4.69) is 132 Å². The van der Waals surface area contributed by atoms with Gasteiger partial charge in [-0.25, -0.2) is 12.2 Å². The number of fused-ring (bicyclic) bond motifs is 5. The SMILES string of the molecule is CC(C)(C)C1=CC[C-]=C1.CC1(C)[C-]=Cc2cc3c(cc21)Cc1cc2c(cc1-3)C=CC2(C)C.Cc1cc[c-]cc1.Cl.Cl.[CH2]=[Zr].[CH3-]. The smallest absolute Gasteiger partial charge is 0.358 e. The summed E-state index contributed by atoms with van der Waals surface area (Å²) in [6.45, 7) is 17.9. The molecule has 0 fully saturated rings. The van der Waals surface area contributed by atoms with Gasteiger partial charge < -0.3 is 7.43 Å². The van der Waals surface area contributed by atoms with Gasteiger partial charge in [-0.1, -0.05) is 90.5 Å². The van der Waals surface area contributed by atoms with Gasteiger partial charge in [-0.05, 0) is 45.9 Å². The van der Waals surface area contributed by atoms with Crippen LogP contribution in [0.2, 0.25) is 0 Å². The molecular weight excluding hydrogens is 655 g/mol. The van der Waals surface area contributed by atoms with Gasteiger partial charge in [0, 0.05) is 5.41 Å². The van der Waals surface area contributed by atoms with Crippen LogP contribution in [0.1, 0.15) is 93.8 Å². The molecule has 4 aliphatic rings. The molecule has 0 radical (unpaired) electrons. The maximum absolute atomic E-state index is 3.50. The summed E-state index contributed by atoms with van der Waals surface area (Å²) in [7, 11) is 0. The summed E-state index contributed by atoms with van der Waals surface area (Å²) >= 11 is 1.30. The normalized spacial score (nSPS) is 15.8. The van der Waals surface area contributed by atoms with Crippen LogP contribution < -0.4 is 0 Å². The third-order valence-corrected chi connectivity index (χ3v) is 8.31. The van der Waals surface area contributed by atoms with E-state index in [1.54, 1.807) is 0 Å². The molecule has 3 aromatic rings. The standard InChI is InChI=1S/C23H21.C9H13.C7H7.CH3.CH2.2ClH.Zr/c1-22(2)7-5-14-10-18-16(12-20(14)22)9-17-13-21-15(11-19(17)18)6-8-23(21,3)4;1-9(2,3)8-6-4-5-7-8;1-7-5-3-2-4-6-7;;;;;/h5-7,10-13H,9H2,1-4H3;6-7H,4H2,1-3H3;3-6H,1H3;1H3;1H2;2*1H;/q4*-1;;;;. The zero-order chi connectivity index (χ0) is 30.0. The van der Waals surface area contributed by atoms with Crippen LogP contribution in [-0.4, -0.2) is 4.21 Å². The van der Waals surface area contributed by atoms with Crippen molar-refractivity contribution in [1.82, 2.24) is 0 Å². The Hall–Kier alpha value is -2.05. The van der Waals surface area contributed by atoms with Gasteiger partial charge in [-0.2, -0.15) is 53.1 Å². The molecule has 0 amide bonds. The molecule has 0 aromatic heterocycles. The molecule has 234 valence electrons. The molecule has 7 rings (SSSR count). The molecule has 0 saturated carbocycles. The fourth-order valence-corrected chi connectivity index (χ4v) is 5.79. The Balaban J connectivity index is 0.000000386. The zero-order valence-corrected chi connectivity index (χ0v) is 32.0. The molecule has 0 N–H and O–H groups in total. The van der Waals surface area contributed by atoms with E-state index in [1.807, 2.05) is 24.3 Å². The molecule has 4 aliphatic carbocycles.